The van der Waals surface area contributed by atoms with E-state index in [1.54, 1.807) is 0 Å². The molecule has 0 saturated heterocycles. The smallest absolute Gasteiger partial charge is 0.0878 e. The summed E-state index contributed by atoms with van der Waals surface area (Å²) >= 11 is 3.44. The molecule has 1 unspecified atom stereocenters. The lowest BCUT2D eigenvalue weighted by molar-refractivity contribution is -0.0691. The van der Waals surface area contributed by atoms with Crippen LogP contribution < -0.4 is 0 Å². The quantitative estimate of drug-likeness (QED) is 0.783. The second-order valence-corrected chi connectivity index (χ2v) is 5.27. The average molecular weight is 271 g/mol. The van der Waals surface area contributed by atoms with Crippen molar-refractivity contribution >= 4 is 15.9 Å². The molecule has 1 nitrogen and oxygen atoms in total. The highest BCUT2D eigenvalue weighted by molar-refractivity contribution is 9.10. The number of rotatable bonds is 4. The van der Waals surface area contributed by atoms with E-state index in [0.29, 0.717) is 6.10 Å². The molecule has 84 valence electrons. The zero-order valence-corrected chi connectivity index (χ0v) is 11.5. The summed E-state index contributed by atoms with van der Waals surface area (Å²) in [6.45, 7) is 8.48. The van der Waals surface area contributed by atoms with Gasteiger partial charge in [0.2, 0.25) is 0 Å². The minimum absolute atomic E-state index is 0.212. The van der Waals surface area contributed by atoms with Crippen LogP contribution in [0.4, 0.5) is 0 Å². The highest BCUT2D eigenvalue weighted by Gasteiger charge is 2.23. The third-order valence-electron chi connectivity index (χ3n) is 2.61. The Hall–Kier alpha value is -0.340. The van der Waals surface area contributed by atoms with Gasteiger partial charge in [0.1, 0.15) is 0 Å². The molecular weight excluding hydrogens is 252 g/mol. The van der Waals surface area contributed by atoms with E-state index < -0.39 is 0 Å². The van der Waals surface area contributed by atoms with Crippen LogP contribution >= 0.6 is 15.9 Å². The fourth-order valence-corrected chi connectivity index (χ4v) is 1.77. The molecule has 0 aliphatic rings. The van der Waals surface area contributed by atoms with Gasteiger partial charge in [-0.15, -0.1) is 0 Å². The second kappa shape index (κ2) is 5.13. The van der Waals surface area contributed by atoms with Crippen molar-refractivity contribution in [3.05, 3.63) is 34.3 Å². The molecule has 2 heteroatoms. The van der Waals surface area contributed by atoms with Gasteiger partial charge in [-0.25, -0.2) is 0 Å². The lowest BCUT2D eigenvalue weighted by Crippen LogP contribution is -2.26. The van der Waals surface area contributed by atoms with E-state index in [1.165, 1.54) is 5.56 Å². The maximum absolute atomic E-state index is 6.00. The SMILES string of the molecule is CCC(C)OC(C)(C)c1ccc(Br)cc1. The summed E-state index contributed by atoms with van der Waals surface area (Å²) < 4.78 is 7.10. The normalized spacial score (nSPS) is 13.9. The van der Waals surface area contributed by atoms with E-state index in [-0.39, 0.29) is 5.60 Å². The topological polar surface area (TPSA) is 9.23 Å². The summed E-state index contributed by atoms with van der Waals surface area (Å²) in [7, 11) is 0. The zero-order chi connectivity index (χ0) is 11.5. The van der Waals surface area contributed by atoms with Gasteiger partial charge < -0.3 is 4.74 Å². The molecule has 0 saturated carbocycles. The lowest BCUT2D eigenvalue weighted by Gasteiger charge is -2.29. The molecule has 0 heterocycles. The van der Waals surface area contributed by atoms with Gasteiger partial charge in [0.05, 0.1) is 11.7 Å². The van der Waals surface area contributed by atoms with Crippen molar-refractivity contribution in [2.45, 2.75) is 45.8 Å². The van der Waals surface area contributed by atoms with E-state index in [2.05, 4.69) is 67.9 Å². The first-order valence-electron chi connectivity index (χ1n) is 5.39. The number of hydrogen-bond donors (Lipinski definition) is 0. The highest BCUT2D eigenvalue weighted by Crippen LogP contribution is 2.27. The third-order valence-corrected chi connectivity index (χ3v) is 3.14. The molecule has 0 N–H and O–H groups in total. The summed E-state index contributed by atoms with van der Waals surface area (Å²) in [5.41, 5.74) is 1.00. The molecule has 1 aromatic carbocycles. The Bertz CT molecular complexity index is 303. The van der Waals surface area contributed by atoms with Crippen LogP contribution in [0.3, 0.4) is 0 Å². The molecule has 1 atom stereocenters. The zero-order valence-electron chi connectivity index (χ0n) is 9.88. The molecule has 1 aromatic rings. The van der Waals surface area contributed by atoms with E-state index in [4.69, 9.17) is 4.74 Å². The Morgan fingerprint density at radius 2 is 1.80 bits per heavy atom. The van der Waals surface area contributed by atoms with Crippen LogP contribution in [0.2, 0.25) is 0 Å². The highest BCUT2D eigenvalue weighted by atomic mass is 79.9. The van der Waals surface area contributed by atoms with Crippen molar-refractivity contribution in [2.24, 2.45) is 0 Å². The molecule has 0 amide bonds. The van der Waals surface area contributed by atoms with Crippen molar-refractivity contribution in [1.29, 1.82) is 0 Å². The average Bonchev–Trinajstić information content (AvgIpc) is 2.17. The molecule has 0 radical (unpaired) electrons. The molecule has 1 rings (SSSR count). The van der Waals surface area contributed by atoms with E-state index >= 15 is 0 Å². The Morgan fingerprint density at radius 1 is 1.27 bits per heavy atom. The maximum Gasteiger partial charge on any atom is 0.0878 e. The van der Waals surface area contributed by atoms with Gasteiger partial charge >= 0.3 is 0 Å². The van der Waals surface area contributed by atoms with Gasteiger partial charge in [-0.2, -0.15) is 0 Å². The Kier molecular flexibility index (Phi) is 4.35. The number of hydrogen-bond acceptors (Lipinski definition) is 1. The summed E-state index contributed by atoms with van der Waals surface area (Å²) in [6.07, 6.45) is 1.34. The molecule has 0 aromatic heterocycles. The minimum Gasteiger partial charge on any atom is -0.368 e. The molecule has 0 aliphatic carbocycles. The monoisotopic (exact) mass is 270 g/mol. The summed E-state index contributed by atoms with van der Waals surface area (Å²) in [5, 5.41) is 0. The van der Waals surface area contributed by atoms with Crippen LogP contribution in [-0.4, -0.2) is 6.10 Å². The van der Waals surface area contributed by atoms with E-state index in [0.717, 1.165) is 10.9 Å². The van der Waals surface area contributed by atoms with Crippen LogP contribution in [0.1, 0.15) is 39.7 Å². The maximum atomic E-state index is 6.00. The van der Waals surface area contributed by atoms with Gasteiger partial charge in [0, 0.05) is 4.47 Å². The predicted molar refractivity (Wildman–Crippen MR) is 68.0 cm³/mol. The van der Waals surface area contributed by atoms with Crippen molar-refractivity contribution in [2.75, 3.05) is 0 Å². The lowest BCUT2D eigenvalue weighted by atomic mass is 9.98. The van der Waals surface area contributed by atoms with Gasteiger partial charge in [0.15, 0.2) is 0 Å². The van der Waals surface area contributed by atoms with Crippen molar-refractivity contribution in [3.63, 3.8) is 0 Å². The first kappa shape index (κ1) is 12.7. The standard InChI is InChI=1S/C13H19BrO/c1-5-10(2)15-13(3,4)11-6-8-12(14)9-7-11/h6-10H,5H2,1-4H3. The van der Waals surface area contributed by atoms with Crippen molar-refractivity contribution in [3.8, 4) is 0 Å². The first-order chi connectivity index (χ1) is 6.95. The third kappa shape index (κ3) is 3.62. The Balaban J connectivity index is 2.80. The van der Waals surface area contributed by atoms with Crippen LogP contribution in [0.15, 0.2) is 28.7 Å². The molecule has 0 spiro atoms. The van der Waals surface area contributed by atoms with Crippen LogP contribution in [0.25, 0.3) is 0 Å². The van der Waals surface area contributed by atoms with Crippen molar-refractivity contribution < 1.29 is 4.74 Å². The molecule has 15 heavy (non-hydrogen) atoms. The van der Waals surface area contributed by atoms with Gasteiger partial charge in [-0.1, -0.05) is 35.0 Å². The van der Waals surface area contributed by atoms with Gasteiger partial charge in [-0.3, -0.25) is 0 Å². The van der Waals surface area contributed by atoms with Gasteiger partial charge in [-0.05, 0) is 44.9 Å². The number of benzene rings is 1. The fourth-order valence-electron chi connectivity index (χ4n) is 1.51. The number of ether oxygens (including phenoxy) is 1. The van der Waals surface area contributed by atoms with Crippen LogP contribution in [-0.2, 0) is 10.3 Å². The largest absolute Gasteiger partial charge is 0.368 e. The van der Waals surface area contributed by atoms with Crippen LogP contribution in [0.5, 0.6) is 0 Å². The van der Waals surface area contributed by atoms with E-state index in [1.807, 2.05) is 0 Å². The minimum atomic E-state index is -0.212. The summed E-state index contributed by atoms with van der Waals surface area (Å²) in [5.74, 6) is 0. The predicted octanol–water partition coefficient (Wildman–Crippen LogP) is 4.50. The van der Waals surface area contributed by atoms with E-state index in [9.17, 15) is 0 Å². The van der Waals surface area contributed by atoms with Crippen LogP contribution in [0, 0.1) is 0 Å². The number of halogens is 1. The summed E-state index contributed by atoms with van der Waals surface area (Å²) in [4.78, 5) is 0. The molecule has 0 aliphatic heterocycles. The van der Waals surface area contributed by atoms with Gasteiger partial charge in [0.25, 0.3) is 0 Å². The summed E-state index contributed by atoms with van der Waals surface area (Å²) in [6, 6.07) is 8.31. The fraction of sp³-hybridized carbons (Fsp3) is 0.538. The molecule has 0 fully saturated rings. The van der Waals surface area contributed by atoms with Crippen molar-refractivity contribution in [1.82, 2.24) is 0 Å². The second-order valence-electron chi connectivity index (χ2n) is 4.35. The Morgan fingerprint density at radius 3 is 2.27 bits per heavy atom. The first-order valence-corrected chi connectivity index (χ1v) is 6.19. The Labute approximate surface area is 101 Å². The molecule has 0 bridgehead atoms. The molecular formula is C13H19BrO.